The van der Waals surface area contributed by atoms with Crippen LogP contribution in [0.1, 0.15) is 30.4 Å². The lowest BCUT2D eigenvalue weighted by Crippen LogP contribution is -1.90. The van der Waals surface area contributed by atoms with Gasteiger partial charge < -0.3 is 0 Å². The van der Waals surface area contributed by atoms with E-state index in [2.05, 4.69) is 48.6 Å². The van der Waals surface area contributed by atoms with Crippen LogP contribution in [0.25, 0.3) is 5.57 Å². The van der Waals surface area contributed by atoms with Gasteiger partial charge in [-0.25, -0.2) is 0 Å². The summed E-state index contributed by atoms with van der Waals surface area (Å²) in [6.45, 7) is 0. The summed E-state index contributed by atoms with van der Waals surface area (Å²) >= 11 is 0. The maximum Gasteiger partial charge on any atom is -0.00881 e. The molecular formula is C16H16. The molecule has 0 bridgehead atoms. The lowest BCUT2D eigenvalue weighted by molar-refractivity contribution is 0.855. The summed E-state index contributed by atoms with van der Waals surface area (Å²) < 4.78 is 0. The van der Waals surface area contributed by atoms with Crippen LogP contribution in [0.5, 0.6) is 0 Å². The van der Waals surface area contributed by atoms with Gasteiger partial charge in [-0.05, 0) is 48.0 Å². The van der Waals surface area contributed by atoms with Crippen molar-refractivity contribution in [3.05, 3.63) is 65.3 Å². The Kier molecular flexibility index (Phi) is 2.49. The first kappa shape index (κ1) is 9.65. The highest BCUT2D eigenvalue weighted by Gasteiger charge is 2.12. The highest BCUT2D eigenvalue weighted by atomic mass is 14.2. The quantitative estimate of drug-likeness (QED) is 0.596. The smallest absolute Gasteiger partial charge is 0.00881 e. The normalized spacial score (nSPS) is 18.8. The molecule has 2 aliphatic carbocycles. The van der Waals surface area contributed by atoms with Crippen molar-refractivity contribution in [2.75, 3.05) is 0 Å². The molecule has 80 valence electrons. The van der Waals surface area contributed by atoms with Crippen LogP contribution in [0.4, 0.5) is 0 Å². The molecule has 0 aliphatic heterocycles. The molecule has 0 aromatic heterocycles. The minimum Gasteiger partial charge on any atom is -0.0839 e. The van der Waals surface area contributed by atoms with E-state index < -0.39 is 0 Å². The first-order chi connectivity index (χ1) is 7.95. The van der Waals surface area contributed by atoms with Crippen molar-refractivity contribution in [3.8, 4) is 0 Å². The largest absolute Gasteiger partial charge is 0.0839 e. The molecule has 0 spiro atoms. The summed E-state index contributed by atoms with van der Waals surface area (Å²) in [6, 6.07) is 8.79. The first-order valence-electron chi connectivity index (χ1n) is 6.09. The number of hydrogen-bond donors (Lipinski definition) is 0. The number of benzene rings is 1. The molecule has 0 radical (unpaired) electrons. The maximum absolute atomic E-state index is 2.32. The minimum atomic E-state index is 1.07. The maximum atomic E-state index is 2.32. The highest BCUT2D eigenvalue weighted by molar-refractivity contribution is 5.81. The van der Waals surface area contributed by atoms with E-state index in [1.807, 2.05) is 0 Å². The van der Waals surface area contributed by atoms with E-state index in [1.54, 1.807) is 0 Å². The molecule has 0 saturated carbocycles. The Balaban J connectivity index is 2.20. The van der Waals surface area contributed by atoms with E-state index in [1.165, 1.54) is 41.5 Å². The zero-order valence-corrected chi connectivity index (χ0v) is 9.45. The van der Waals surface area contributed by atoms with E-state index >= 15 is 0 Å². The lowest BCUT2D eigenvalue weighted by atomic mass is 9.95. The molecule has 3 rings (SSSR count). The molecule has 16 heavy (non-hydrogen) atoms. The number of allylic oxidation sites excluding steroid dienone is 6. The molecule has 1 aromatic carbocycles. The molecule has 0 heteroatoms. The molecule has 0 fully saturated rings. The number of rotatable bonds is 0. The van der Waals surface area contributed by atoms with Crippen molar-refractivity contribution in [1.29, 1.82) is 0 Å². The second-order valence-corrected chi connectivity index (χ2v) is 4.50. The van der Waals surface area contributed by atoms with Crippen molar-refractivity contribution in [2.24, 2.45) is 0 Å². The van der Waals surface area contributed by atoms with Crippen LogP contribution in [0, 0.1) is 0 Å². The summed E-state index contributed by atoms with van der Waals surface area (Å²) in [4.78, 5) is 0. The number of hydrogen-bond acceptors (Lipinski definition) is 0. The Morgan fingerprint density at radius 2 is 1.88 bits per heavy atom. The van der Waals surface area contributed by atoms with Crippen molar-refractivity contribution in [3.63, 3.8) is 0 Å². The summed E-state index contributed by atoms with van der Waals surface area (Å²) in [7, 11) is 0. The Bertz CT molecular complexity index is 487. The van der Waals surface area contributed by atoms with Gasteiger partial charge in [0.05, 0.1) is 0 Å². The summed E-state index contributed by atoms with van der Waals surface area (Å²) in [5.41, 5.74) is 5.84. The fraction of sp³-hybridized carbons (Fsp3) is 0.250. The summed E-state index contributed by atoms with van der Waals surface area (Å²) in [5.74, 6) is 0. The average molecular weight is 208 g/mol. The Labute approximate surface area is 97.0 Å². The first-order valence-corrected chi connectivity index (χ1v) is 6.09. The van der Waals surface area contributed by atoms with Gasteiger partial charge in [0.1, 0.15) is 0 Å². The van der Waals surface area contributed by atoms with Gasteiger partial charge in [-0.3, -0.25) is 0 Å². The zero-order valence-electron chi connectivity index (χ0n) is 9.45. The topological polar surface area (TPSA) is 0 Å². The molecule has 0 amide bonds. The molecular weight excluding hydrogens is 192 g/mol. The fourth-order valence-electron chi connectivity index (χ4n) is 2.58. The van der Waals surface area contributed by atoms with Crippen molar-refractivity contribution < 1.29 is 0 Å². The lowest BCUT2D eigenvalue weighted by Gasteiger charge is -2.09. The molecule has 0 nitrogen and oxygen atoms in total. The van der Waals surface area contributed by atoms with Gasteiger partial charge in [0.15, 0.2) is 0 Å². The predicted octanol–water partition coefficient (Wildman–Crippen LogP) is 4.29. The van der Waals surface area contributed by atoms with Gasteiger partial charge in [0.2, 0.25) is 0 Å². The van der Waals surface area contributed by atoms with E-state index in [0.717, 1.165) is 6.42 Å². The van der Waals surface area contributed by atoms with Crippen molar-refractivity contribution >= 4 is 5.57 Å². The van der Waals surface area contributed by atoms with Gasteiger partial charge in [0.25, 0.3) is 0 Å². The van der Waals surface area contributed by atoms with E-state index in [9.17, 15) is 0 Å². The van der Waals surface area contributed by atoms with Crippen LogP contribution in [0.3, 0.4) is 0 Å². The van der Waals surface area contributed by atoms with E-state index in [-0.39, 0.29) is 0 Å². The average Bonchev–Trinajstić information content (AvgIpc) is 2.62. The molecule has 0 unspecified atom stereocenters. The van der Waals surface area contributed by atoms with Gasteiger partial charge in [0, 0.05) is 0 Å². The monoisotopic (exact) mass is 208 g/mol. The highest BCUT2D eigenvalue weighted by Crippen LogP contribution is 2.32. The van der Waals surface area contributed by atoms with Crippen LogP contribution in [-0.2, 0) is 6.42 Å². The second kappa shape index (κ2) is 4.13. The van der Waals surface area contributed by atoms with Crippen molar-refractivity contribution in [2.45, 2.75) is 25.7 Å². The van der Waals surface area contributed by atoms with Crippen LogP contribution in [0.15, 0.2) is 54.1 Å². The molecule has 0 saturated heterocycles. The van der Waals surface area contributed by atoms with Gasteiger partial charge >= 0.3 is 0 Å². The van der Waals surface area contributed by atoms with Gasteiger partial charge in [-0.2, -0.15) is 0 Å². The SMILES string of the molecule is C1=CC2=C(C=CCc3ccccc32)CCC1. The van der Waals surface area contributed by atoms with Gasteiger partial charge in [-0.1, -0.05) is 48.6 Å². The minimum absolute atomic E-state index is 1.07. The Morgan fingerprint density at radius 1 is 0.938 bits per heavy atom. The third-order valence-corrected chi connectivity index (χ3v) is 3.41. The second-order valence-electron chi connectivity index (χ2n) is 4.50. The van der Waals surface area contributed by atoms with Gasteiger partial charge in [-0.15, -0.1) is 0 Å². The number of fused-ring (bicyclic) bond motifs is 2. The van der Waals surface area contributed by atoms with E-state index in [4.69, 9.17) is 0 Å². The fourth-order valence-corrected chi connectivity index (χ4v) is 2.58. The molecule has 0 atom stereocenters. The summed E-state index contributed by atoms with van der Waals surface area (Å²) in [5, 5.41) is 0. The molecule has 1 aromatic rings. The predicted molar refractivity (Wildman–Crippen MR) is 69.2 cm³/mol. The van der Waals surface area contributed by atoms with Crippen LogP contribution >= 0.6 is 0 Å². The Morgan fingerprint density at radius 3 is 2.88 bits per heavy atom. The Hall–Kier alpha value is -1.56. The molecule has 2 aliphatic rings. The standard InChI is InChI=1S/C16H16/c1-2-7-13-9-6-10-14-8-4-5-12-16(14)15(13)11-3-1/h3-6,8-9,11-12H,1-2,7,10H2. The zero-order chi connectivity index (χ0) is 10.8. The molecule has 0 heterocycles. The van der Waals surface area contributed by atoms with Crippen LogP contribution in [0.2, 0.25) is 0 Å². The van der Waals surface area contributed by atoms with Crippen LogP contribution < -0.4 is 0 Å². The van der Waals surface area contributed by atoms with Crippen LogP contribution in [-0.4, -0.2) is 0 Å². The molecule has 0 N–H and O–H groups in total. The van der Waals surface area contributed by atoms with Crippen molar-refractivity contribution in [1.82, 2.24) is 0 Å². The third-order valence-electron chi connectivity index (χ3n) is 3.41. The van der Waals surface area contributed by atoms with E-state index in [0.29, 0.717) is 0 Å². The third kappa shape index (κ3) is 1.65. The summed E-state index contributed by atoms with van der Waals surface area (Å²) in [6.07, 6.45) is 14.0.